The second-order valence-electron chi connectivity index (χ2n) is 3.36. The molecule has 1 aromatic rings. The van der Waals surface area contributed by atoms with E-state index in [-0.39, 0.29) is 5.78 Å². The third-order valence-corrected chi connectivity index (χ3v) is 2.75. The van der Waals surface area contributed by atoms with Crippen LogP contribution in [0.2, 0.25) is 0 Å². The maximum absolute atomic E-state index is 10.9. The summed E-state index contributed by atoms with van der Waals surface area (Å²) in [5, 5.41) is 0. The first kappa shape index (κ1) is 10.7. The van der Waals surface area contributed by atoms with Crippen LogP contribution in [-0.2, 0) is 4.79 Å². The lowest BCUT2D eigenvalue weighted by atomic mass is 9.96. The summed E-state index contributed by atoms with van der Waals surface area (Å²) in [5.41, 5.74) is 1.25. The molecule has 0 heterocycles. The number of hydrogen-bond donors (Lipinski definition) is 0. The molecule has 1 unspecified atom stereocenters. The molecule has 0 spiro atoms. The van der Waals surface area contributed by atoms with E-state index in [1.807, 2.05) is 0 Å². The van der Waals surface area contributed by atoms with Gasteiger partial charge in [-0.05, 0) is 53.1 Å². The smallest absolute Gasteiger partial charge is 0.130 e. The Morgan fingerprint density at radius 3 is 2.38 bits per heavy atom. The molecule has 1 aromatic carbocycles. The summed E-state index contributed by atoms with van der Waals surface area (Å²) in [7, 11) is 0. The topological polar surface area (TPSA) is 17.1 Å². The number of carbonyl (C=O) groups excluding carboxylic acids is 1. The van der Waals surface area contributed by atoms with Crippen molar-refractivity contribution in [1.82, 2.24) is 0 Å². The summed E-state index contributed by atoms with van der Waals surface area (Å²) in [5.74, 6) is 0.598. The van der Waals surface area contributed by atoms with Crippen LogP contribution in [0.25, 0.3) is 0 Å². The monoisotopic (exact) mass is 288 g/mol. The largest absolute Gasteiger partial charge is 0.300 e. The first-order valence-corrected chi connectivity index (χ1v) is 5.42. The number of hydrogen-bond acceptors (Lipinski definition) is 1. The van der Waals surface area contributed by atoms with Crippen molar-refractivity contribution in [3.05, 3.63) is 33.4 Å². The van der Waals surface area contributed by atoms with Gasteiger partial charge >= 0.3 is 0 Å². The van der Waals surface area contributed by atoms with Gasteiger partial charge in [0, 0.05) is 9.99 Å². The van der Waals surface area contributed by atoms with Gasteiger partial charge in [0.15, 0.2) is 0 Å². The summed E-state index contributed by atoms with van der Waals surface area (Å²) < 4.78 is 1.23. The molecular weight excluding hydrogens is 275 g/mol. The van der Waals surface area contributed by atoms with Crippen LogP contribution in [0.15, 0.2) is 24.3 Å². The van der Waals surface area contributed by atoms with E-state index >= 15 is 0 Å². The predicted octanol–water partition coefficient (Wildman–Crippen LogP) is 3.37. The molecule has 0 aliphatic carbocycles. The molecule has 0 bridgehead atoms. The van der Waals surface area contributed by atoms with Crippen LogP contribution in [0.3, 0.4) is 0 Å². The summed E-state index contributed by atoms with van der Waals surface area (Å²) in [6.07, 6.45) is 0.639. The highest BCUT2D eigenvalue weighted by Crippen LogP contribution is 2.19. The summed E-state index contributed by atoms with van der Waals surface area (Å²) in [4.78, 5) is 10.9. The van der Waals surface area contributed by atoms with Crippen LogP contribution in [0.1, 0.15) is 31.7 Å². The van der Waals surface area contributed by atoms with Crippen LogP contribution in [0, 0.1) is 3.57 Å². The molecule has 0 amide bonds. The van der Waals surface area contributed by atoms with E-state index in [2.05, 4.69) is 53.8 Å². The summed E-state index contributed by atoms with van der Waals surface area (Å²) in [6, 6.07) is 8.34. The van der Waals surface area contributed by atoms with Crippen LogP contribution in [0.4, 0.5) is 0 Å². The van der Waals surface area contributed by atoms with Crippen molar-refractivity contribution < 1.29 is 4.79 Å². The van der Waals surface area contributed by atoms with E-state index < -0.39 is 0 Å². The fraction of sp³-hybridized carbons (Fsp3) is 0.364. The van der Waals surface area contributed by atoms with Crippen molar-refractivity contribution in [2.45, 2.75) is 26.2 Å². The Morgan fingerprint density at radius 2 is 1.92 bits per heavy atom. The summed E-state index contributed by atoms with van der Waals surface area (Å²) >= 11 is 2.28. The molecule has 0 aliphatic rings. The third kappa shape index (κ3) is 3.46. The third-order valence-electron chi connectivity index (χ3n) is 2.03. The van der Waals surface area contributed by atoms with E-state index in [1.54, 1.807) is 6.92 Å². The Kier molecular flexibility index (Phi) is 3.90. The molecule has 70 valence electrons. The van der Waals surface area contributed by atoms with Gasteiger partial charge < -0.3 is 4.79 Å². The number of rotatable bonds is 3. The molecule has 1 atom stereocenters. The molecular formula is C11H13IO. The molecule has 0 N–H and O–H groups in total. The fourth-order valence-electron chi connectivity index (χ4n) is 1.34. The average molecular weight is 288 g/mol. The minimum absolute atomic E-state index is 0.256. The van der Waals surface area contributed by atoms with E-state index in [0.717, 1.165) is 0 Å². The number of halogens is 1. The number of Topliss-reactive ketones (excluding diaryl/α,β-unsaturated/α-hetero) is 1. The zero-order valence-corrected chi connectivity index (χ0v) is 10.0. The fourth-order valence-corrected chi connectivity index (χ4v) is 1.70. The molecule has 2 heteroatoms. The minimum Gasteiger partial charge on any atom is -0.300 e. The van der Waals surface area contributed by atoms with Crippen LogP contribution < -0.4 is 0 Å². The lowest BCUT2D eigenvalue weighted by Gasteiger charge is -2.09. The highest BCUT2D eigenvalue weighted by molar-refractivity contribution is 14.1. The maximum Gasteiger partial charge on any atom is 0.130 e. The first-order chi connectivity index (χ1) is 6.09. The molecule has 0 aromatic heterocycles. The van der Waals surface area contributed by atoms with Crippen molar-refractivity contribution in [2.24, 2.45) is 0 Å². The highest BCUT2D eigenvalue weighted by atomic mass is 127. The van der Waals surface area contributed by atoms with E-state index in [1.165, 1.54) is 9.13 Å². The van der Waals surface area contributed by atoms with E-state index in [9.17, 15) is 4.79 Å². The summed E-state index contributed by atoms with van der Waals surface area (Å²) in [6.45, 7) is 3.73. The molecule has 0 radical (unpaired) electrons. The Labute approximate surface area is 92.7 Å². The molecule has 1 rings (SSSR count). The van der Waals surface area contributed by atoms with E-state index in [0.29, 0.717) is 12.3 Å². The van der Waals surface area contributed by atoms with Crippen molar-refractivity contribution >= 4 is 28.4 Å². The van der Waals surface area contributed by atoms with Gasteiger partial charge in [-0.2, -0.15) is 0 Å². The van der Waals surface area contributed by atoms with Crippen LogP contribution >= 0.6 is 22.6 Å². The Hall–Kier alpha value is -0.380. The Morgan fingerprint density at radius 1 is 1.38 bits per heavy atom. The van der Waals surface area contributed by atoms with Gasteiger partial charge in [0.05, 0.1) is 0 Å². The van der Waals surface area contributed by atoms with Crippen molar-refractivity contribution in [3.63, 3.8) is 0 Å². The van der Waals surface area contributed by atoms with Crippen molar-refractivity contribution in [3.8, 4) is 0 Å². The first-order valence-electron chi connectivity index (χ1n) is 4.34. The lowest BCUT2D eigenvalue weighted by molar-refractivity contribution is -0.117. The second-order valence-corrected chi connectivity index (χ2v) is 4.60. The standard InChI is InChI=1S/C11H13IO/c1-8(7-9(2)13)10-3-5-11(12)6-4-10/h3-6,8H,7H2,1-2H3. The lowest BCUT2D eigenvalue weighted by Crippen LogP contribution is -1.99. The number of carbonyl (C=O) groups is 1. The van der Waals surface area contributed by atoms with Crippen LogP contribution in [-0.4, -0.2) is 5.78 Å². The molecule has 0 aliphatic heterocycles. The van der Waals surface area contributed by atoms with Gasteiger partial charge in [0.1, 0.15) is 5.78 Å². The van der Waals surface area contributed by atoms with Gasteiger partial charge in [0.25, 0.3) is 0 Å². The molecule has 0 fully saturated rings. The van der Waals surface area contributed by atoms with Crippen LogP contribution in [0.5, 0.6) is 0 Å². The minimum atomic E-state index is 0.256. The van der Waals surface area contributed by atoms with Crippen molar-refractivity contribution in [2.75, 3.05) is 0 Å². The molecule has 0 saturated heterocycles. The second kappa shape index (κ2) is 4.74. The van der Waals surface area contributed by atoms with Gasteiger partial charge in [0.2, 0.25) is 0 Å². The molecule has 0 saturated carbocycles. The maximum atomic E-state index is 10.9. The zero-order valence-electron chi connectivity index (χ0n) is 7.88. The zero-order chi connectivity index (χ0) is 9.84. The highest BCUT2D eigenvalue weighted by Gasteiger charge is 2.07. The quantitative estimate of drug-likeness (QED) is 0.779. The normalized spacial score (nSPS) is 12.5. The number of ketones is 1. The van der Waals surface area contributed by atoms with Gasteiger partial charge in [-0.1, -0.05) is 19.1 Å². The van der Waals surface area contributed by atoms with Crippen molar-refractivity contribution in [1.29, 1.82) is 0 Å². The van der Waals surface area contributed by atoms with Gasteiger partial charge in [-0.15, -0.1) is 0 Å². The number of benzene rings is 1. The van der Waals surface area contributed by atoms with E-state index in [4.69, 9.17) is 0 Å². The predicted molar refractivity (Wildman–Crippen MR) is 62.9 cm³/mol. The Bertz CT molecular complexity index is 289. The average Bonchev–Trinajstić information content (AvgIpc) is 2.04. The van der Waals surface area contributed by atoms with Gasteiger partial charge in [-0.25, -0.2) is 0 Å². The Balaban J connectivity index is 2.71. The molecule has 13 heavy (non-hydrogen) atoms. The molecule has 1 nitrogen and oxygen atoms in total. The SMILES string of the molecule is CC(=O)CC(C)c1ccc(I)cc1. The van der Waals surface area contributed by atoms with Gasteiger partial charge in [-0.3, -0.25) is 0 Å².